The van der Waals surface area contributed by atoms with E-state index in [-0.39, 0.29) is 11.3 Å². The highest BCUT2D eigenvalue weighted by Gasteiger charge is 2.36. The van der Waals surface area contributed by atoms with Crippen molar-refractivity contribution in [1.29, 1.82) is 0 Å². The first kappa shape index (κ1) is 32.9. The number of hydrogen-bond acceptors (Lipinski definition) is 8. The number of nitrogens with one attached hydrogen (secondary N) is 1. The standard InChI is InChI=1S/C32H44N2O8S/c1-20-15-21(2)30(22(3)16-20)43(38,39)34-18-23(24-11-7-8-12-26(24)34)17-25(33-31(37)42-32(4,5)6)29(27(36)19-35)41-28-13-9-10-14-40-28/h7-8,11-12,15-16,18,25,27-29,35-36H,9-10,13-14,17,19H2,1-6H3,(H,33,37)/t25-,27?,28?,29+/m0/s1. The second kappa shape index (κ2) is 13.4. The third-order valence-electron chi connectivity index (χ3n) is 7.43. The van der Waals surface area contributed by atoms with Gasteiger partial charge in [-0.05, 0) is 90.0 Å². The fraction of sp³-hybridized carbons (Fsp3) is 0.531. The number of alkyl carbamates (subject to hydrolysis) is 1. The highest BCUT2D eigenvalue weighted by Crippen LogP contribution is 2.31. The molecule has 0 saturated carbocycles. The molecule has 2 heterocycles. The van der Waals surface area contributed by atoms with Gasteiger partial charge in [-0.25, -0.2) is 17.2 Å². The van der Waals surface area contributed by atoms with E-state index < -0.39 is 52.9 Å². The zero-order chi connectivity index (χ0) is 31.5. The average molecular weight is 617 g/mol. The summed E-state index contributed by atoms with van der Waals surface area (Å²) in [6, 6.07) is 9.92. The molecule has 0 bridgehead atoms. The van der Waals surface area contributed by atoms with E-state index in [1.54, 1.807) is 52.9 Å². The molecule has 1 amide bonds. The number of benzene rings is 2. The minimum Gasteiger partial charge on any atom is -0.444 e. The maximum Gasteiger partial charge on any atom is 0.407 e. The smallest absolute Gasteiger partial charge is 0.407 e. The third kappa shape index (κ3) is 7.77. The Balaban J connectivity index is 1.79. The Labute approximate surface area is 254 Å². The van der Waals surface area contributed by atoms with E-state index in [0.717, 1.165) is 18.4 Å². The molecule has 1 saturated heterocycles. The van der Waals surface area contributed by atoms with Crippen LogP contribution < -0.4 is 5.32 Å². The predicted octanol–water partition coefficient (Wildman–Crippen LogP) is 4.50. The van der Waals surface area contributed by atoms with Gasteiger partial charge in [0.05, 0.1) is 23.1 Å². The first-order chi connectivity index (χ1) is 20.2. The molecule has 0 spiro atoms. The first-order valence-electron chi connectivity index (χ1n) is 14.7. The lowest BCUT2D eigenvalue weighted by atomic mass is 9.97. The lowest BCUT2D eigenvalue weighted by Gasteiger charge is -2.35. The zero-order valence-electron chi connectivity index (χ0n) is 25.8. The molecule has 3 N–H and O–H groups in total. The summed E-state index contributed by atoms with van der Waals surface area (Å²) in [4.78, 5) is 13.3. The van der Waals surface area contributed by atoms with Crippen LogP contribution in [0.1, 0.15) is 62.3 Å². The van der Waals surface area contributed by atoms with Gasteiger partial charge >= 0.3 is 6.09 Å². The van der Waals surface area contributed by atoms with E-state index in [0.29, 0.717) is 40.6 Å². The second-order valence-corrected chi connectivity index (χ2v) is 14.1. The number of amides is 1. The quantitative estimate of drug-likeness (QED) is 0.303. The van der Waals surface area contributed by atoms with Crippen LogP contribution in [0.15, 0.2) is 47.5 Å². The molecule has 1 aliphatic heterocycles. The number of nitrogens with zero attached hydrogens (tertiary/aromatic N) is 1. The van der Waals surface area contributed by atoms with Gasteiger partial charge in [0.25, 0.3) is 10.0 Å². The summed E-state index contributed by atoms with van der Waals surface area (Å²) in [7, 11) is -4.01. The van der Waals surface area contributed by atoms with Gasteiger partial charge in [0, 0.05) is 18.2 Å². The minimum atomic E-state index is -4.01. The van der Waals surface area contributed by atoms with Gasteiger partial charge in [0.15, 0.2) is 6.29 Å². The molecule has 236 valence electrons. The van der Waals surface area contributed by atoms with Crippen molar-refractivity contribution in [3.05, 3.63) is 64.8 Å². The number of carbonyl (C=O) groups excluding carboxylic acids is 1. The SMILES string of the molecule is Cc1cc(C)c(S(=O)(=O)n2cc(C[C@H](NC(=O)OC(C)(C)C)[C@@H](OC3CCCCO3)C(O)CO)c3ccccc32)c(C)c1. The number of fused-ring (bicyclic) bond motifs is 1. The first-order valence-corrected chi connectivity index (χ1v) is 16.1. The molecule has 1 fully saturated rings. The molecule has 1 aliphatic rings. The Morgan fingerprint density at radius 1 is 1.14 bits per heavy atom. The third-order valence-corrected chi connectivity index (χ3v) is 9.41. The van der Waals surface area contributed by atoms with Gasteiger partial charge in [-0.3, -0.25) is 0 Å². The van der Waals surface area contributed by atoms with E-state index in [9.17, 15) is 23.4 Å². The molecule has 4 rings (SSSR count). The molecule has 0 aliphatic carbocycles. The summed E-state index contributed by atoms with van der Waals surface area (Å²) in [5, 5.41) is 24.3. The number of ether oxygens (including phenoxy) is 3. The molecule has 2 aromatic carbocycles. The van der Waals surface area contributed by atoms with Crippen molar-refractivity contribution in [3.8, 4) is 0 Å². The van der Waals surface area contributed by atoms with E-state index in [1.165, 1.54) is 3.97 Å². The molecule has 3 aromatic rings. The van der Waals surface area contributed by atoms with Crippen molar-refractivity contribution in [1.82, 2.24) is 9.29 Å². The zero-order valence-corrected chi connectivity index (χ0v) is 26.6. The highest BCUT2D eigenvalue weighted by atomic mass is 32.2. The topological polar surface area (TPSA) is 136 Å². The maximum absolute atomic E-state index is 14.1. The number of aryl methyl sites for hydroxylation is 3. The van der Waals surface area contributed by atoms with Crippen LogP contribution in [-0.2, 0) is 30.7 Å². The average Bonchev–Trinajstić information content (AvgIpc) is 3.29. The second-order valence-electron chi connectivity index (χ2n) is 12.3. The van der Waals surface area contributed by atoms with Crippen molar-refractivity contribution >= 4 is 27.0 Å². The van der Waals surface area contributed by atoms with Crippen molar-refractivity contribution in [3.63, 3.8) is 0 Å². The highest BCUT2D eigenvalue weighted by molar-refractivity contribution is 7.90. The van der Waals surface area contributed by atoms with Crippen molar-refractivity contribution in [2.45, 2.75) is 102 Å². The van der Waals surface area contributed by atoms with Gasteiger partial charge in [0.1, 0.15) is 17.8 Å². The van der Waals surface area contributed by atoms with Crippen molar-refractivity contribution in [2.24, 2.45) is 0 Å². The lowest BCUT2D eigenvalue weighted by Crippen LogP contribution is -2.54. The van der Waals surface area contributed by atoms with Gasteiger partial charge in [-0.2, -0.15) is 0 Å². The summed E-state index contributed by atoms with van der Waals surface area (Å²) in [5.41, 5.74) is 2.55. The van der Waals surface area contributed by atoms with E-state index in [1.807, 2.05) is 31.2 Å². The molecule has 1 aromatic heterocycles. The van der Waals surface area contributed by atoms with Gasteiger partial charge in [-0.1, -0.05) is 35.9 Å². The Kier molecular flexibility index (Phi) is 10.2. The van der Waals surface area contributed by atoms with Crippen LogP contribution in [0, 0.1) is 20.8 Å². The number of hydrogen-bond donors (Lipinski definition) is 3. The number of aliphatic hydroxyl groups excluding tert-OH is 2. The molecule has 43 heavy (non-hydrogen) atoms. The molecule has 4 atom stereocenters. The Hall–Kier alpha value is -2.96. The Morgan fingerprint density at radius 3 is 2.42 bits per heavy atom. The summed E-state index contributed by atoms with van der Waals surface area (Å²) in [6.07, 6.45) is 0.188. The van der Waals surface area contributed by atoms with E-state index >= 15 is 0 Å². The summed E-state index contributed by atoms with van der Waals surface area (Å²) in [6.45, 7) is 10.6. The van der Waals surface area contributed by atoms with Gasteiger partial charge in [0.2, 0.25) is 0 Å². The van der Waals surface area contributed by atoms with Gasteiger partial charge in [-0.15, -0.1) is 0 Å². The molecule has 2 unspecified atom stereocenters. The molecule has 0 radical (unpaired) electrons. The monoisotopic (exact) mass is 616 g/mol. The maximum atomic E-state index is 14.1. The minimum absolute atomic E-state index is 0.0720. The Bertz CT molecular complexity index is 1510. The van der Waals surface area contributed by atoms with Crippen LogP contribution in [0.25, 0.3) is 10.9 Å². The normalized spacial score (nSPS) is 18.3. The van der Waals surface area contributed by atoms with Gasteiger partial charge < -0.3 is 29.7 Å². The molecular formula is C32H44N2O8S. The number of para-hydroxylation sites is 1. The van der Waals surface area contributed by atoms with Crippen LogP contribution in [-0.4, -0.2) is 72.1 Å². The number of aromatic nitrogens is 1. The summed E-state index contributed by atoms with van der Waals surface area (Å²) < 4.78 is 47.0. The van der Waals surface area contributed by atoms with Crippen LogP contribution in [0.5, 0.6) is 0 Å². The lowest BCUT2D eigenvalue weighted by molar-refractivity contribution is -0.216. The number of rotatable bonds is 10. The van der Waals surface area contributed by atoms with E-state index in [2.05, 4.69) is 5.32 Å². The predicted molar refractivity (Wildman–Crippen MR) is 164 cm³/mol. The van der Waals surface area contributed by atoms with Crippen LogP contribution >= 0.6 is 0 Å². The van der Waals surface area contributed by atoms with Crippen molar-refractivity contribution in [2.75, 3.05) is 13.2 Å². The number of aliphatic hydroxyl groups is 2. The van der Waals surface area contributed by atoms with Crippen molar-refractivity contribution < 1.29 is 37.6 Å². The van der Waals surface area contributed by atoms with Crippen LogP contribution in [0.4, 0.5) is 4.79 Å². The molecule has 11 heteroatoms. The molecular weight excluding hydrogens is 572 g/mol. The number of carbonyl (C=O) groups is 1. The summed E-state index contributed by atoms with van der Waals surface area (Å²) in [5.74, 6) is 0. The summed E-state index contributed by atoms with van der Waals surface area (Å²) >= 11 is 0. The van der Waals surface area contributed by atoms with Crippen LogP contribution in [0.3, 0.4) is 0 Å². The fourth-order valence-corrected chi connectivity index (χ4v) is 7.56. The molecule has 10 nitrogen and oxygen atoms in total. The van der Waals surface area contributed by atoms with Crippen LogP contribution in [0.2, 0.25) is 0 Å². The largest absolute Gasteiger partial charge is 0.444 e. The van der Waals surface area contributed by atoms with E-state index in [4.69, 9.17) is 14.2 Å². The Morgan fingerprint density at radius 2 is 1.81 bits per heavy atom. The fourth-order valence-electron chi connectivity index (χ4n) is 5.75.